The van der Waals surface area contributed by atoms with Gasteiger partial charge in [-0.3, -0.25) is 10.1 Å². The Morgan fingerprint density at radius 3 is 2.61 bits per heavy atom. The second kappa shape index (κ2) is 7.55. The van der Waals surface area contributed by atoms with E-state index in [2.05, 4.69) is 24.3 Å². The zero-order chi connectivity index (χ0) is 21.7. The van der Waals surface area contributed by atoms with E-state index in [1.807, 2.05) is 24.1 Å². The summed E-state index contributed by atoms with van der Waals surface area (Å²) in [7, 11) is 0. The van der Waals surface area contributed by atoms with E-state index in [1.165, 1.54) is 17.7 Å². The molecule has 3 aromatic rings. The van der Waals surface area contributed by atoms with Crippen molar-refractivity contribution in [2.45, 2.75) is 25.6 Å². The number of nitrogens with zero attached hydrogens (tertiary/aromatic N) is 3. The molecule has 2 atom stereocenters. The third-order valence-corrected chi connectivity index (χ3v) is 6.14. The number of halogens is 2. The predicted molar refractivity (Wildman–Crippen MR) is 120 cm³/mol. The Labute approximate surface area is 188 Å². The molecule has 2 aliphatic heterocycles. The minimum atomic E-state index is -0.627. The van der Waals surface area contributed by atoms with Crippen molar-refractivity contribution in [3.05, 3.63) is 103 Å². The molecule has 0 fully saturated rings. The second-order valence-corrected chi connectivity index (χ2v) is 8.48. The number of hydrogen-bond acceptors (Lipinski definition) is 5. The van der Waals surface area contributed by atoms with Crippen molar-refractivity contribution in [2.75, 3.05) is 0 Å². The molecule has 0 N–H and O–H groups in total. The van der Waals surface area contributed by atoms with E-state index in [9.17, 15) is 10.1 Å². The van der Waals surface area contributed by atoms with Crippen molar-refractivity contribution in [3.63, 3.8) is 0 Å². The van der Waals surface area contributed by atoms with E-state index in [0.29, 0.717) is 22.8 Å². The molecule has 0 spiro atoms. The molecule has 5 rings (SSSR count). The van der Waals surface area contributed by atoms with Crippen LogP contribution in [0.25, 0.3) is 0 Å². The van der Waals surface area contributed by atoms with Gasteiger partial charge < -0.3 is 4.74 Å². The molecule has 6 nitrogen and oxygen atoms in total. The van der Waals surface area contributed by atoms with Gasteiger partial charge in [0.1, 0.15) is 10.8 Å². The highest BCUT2D eigenvalue weighted by Gasteiger charge is 2.41. The van der Waals surface area contributed by atoms with Gasteiger partial charge in [-0.25, -0.2) is 5.01 Å². The maximum atomic E-state index is 11.4. The summed E-state index contributed by atoms with van der Waals surface area (Å²) in [6, 6.07) is 18.3. The van der Waals surface area contributed by atoms with Gasteiger partial charge in [-0.15, -0.1) is 0 Å². The summed E-state index contributed by atoms with van der Waals surface area (Å²) in [5, 5.41) is 18.8. The zero-order valence-electron chi connectivity index (χ0n) is 16.5. The molecule has 2 heterocycles. The number of ether oxygens (including phenoxy) is 1. The fourth-order valence-electron chi connectivity index (χ4n) is 4.02. The molecular formula is C23H17Cl2N3O3. The molecule has 0 saturated heterocycles. The first-order valence-corrected chi connectivity index (χ1v) is 10.5. The van der Waals surface area contributed by atoms with Crippen LogP contribution in [0.15, 0.2) is 65.8 Å². The van der Waals surface area contributed by atoms with Crippen LogP contribution in [0.2, 0.25) is 10.0 Å². The number of fused-ring (bicyclic) bond motifs is 3. The first-order chi connectivity index (χ1) is 14.9. The summed E-state index contributed by atoms with van der Waals surface area (Å²) < 4.78 is 6.26. The summed E-state index contributed by atoms with van der Waals surface area (Å²) in [6.07, 6.45) is 0.0453. The van der Waals surface area contributed by atoms with E-state index in [0.717, 1.165) is 16.8 Å². The lowest BCUT2D eigenvalue weighted by molar-refractivity contribution is -0.384. The number of rotatable bonds is 3. The third-order valence-electron chi connectivity index (χ3n) is 5.59. The average Bonchev–Trinajstić information content (AvgIpc) is 3.20. The summed E-state index contributed by atoms with van der Waals surface area (Å²) in [4.78, 5) is 10.9. The molecule has 3 aromatic carbocycles. The molecule has 0 amide bonds. The van der Waals surface area contributed by atoms with Crippen LogP contribution in [0.4, 0.5) is 5.69 Å². The molecule has 0 saturated carbocycles. The number of hydrogen-bond donors (Lipinski definition) is 0. The Kier molecular flexibility index (Phi) is 4.84. The minimum absolute atomic E-state index is 0.0820. The first-order valence-electron chi connectivity index (χ1n) is 9.73. The summed E-state index contributed by atoms with van der Waals surface area (Å²) >= 11 is 12.3. The van der Waals surface area contributed by atoms with Crippen LogP contribution in [0, 0.1) is 17.0 Å². The molecule has 8 heteroatoms. The third kappa shape index (κ3) is 3.52. The van der Waals surface area contributed by atoms with Crippen LogP contribution in [0.1, 0.15) is 40.9 Å². The zero-order valence-corrected chi connectivity index (χ0v) is 18.0. The molecule has 0 aromatic heterocycles. The Hall–Kier alpha value is -3.09. The van der Waals surface area contributed by atoms with Gasteiger partial charge in [0.2, 0.25) is 6.23 Å². The average molecular weight is 454 g/mol. The van der Waals surface area contributed by atoms with Gasteiger partial charge in [0.25, 0.3) is 5.69 Å². The van der Waals surface area contributed by atoms with Crippen LogP contribution >= 0.6 is 23.2 Å². The van der Waals surface area contributed by atoms with Crippen LogP contribution in [0.3, 0.4) is 0 Å². The van der Waals surface area contributed by atoms with Crippen molar-refractivity contribution >= 4 is 34.6 Å². The van der Waals surface area contributed by atoms with Crippen molar-refractivity contribution < 1.29 is 9.66 Å². The quantitative estimate of drug-likeness (QED) is 0.337. The number of benzene rings is 3. The molecule has 0 aliphatic carbocycles. The second-order valence-electron chi connectivity index (χ2n) is 7.63. The summed E-state index contributed by atoms with van der Waals surface area (Å²) in [5.74, 6) is 0.689. The van der Waals surface area contributed by atoms with E-state index in [4.69, 9.17) is 33.0 Å². The number of nitro groups is 1. The lowest BCUT2D eigenvalue weighted by Crippen LogP contribution is -2.33. The minimum Gasteiger partial charge on any atom is -0.464 e. The number of nitro benzene ring substituents is 1. The van der Waals surface area contributed by atoms with Crippen LogP contribution in [-0.2, 0) is 0 Å². The normalized spacial score (nSPS) is 19.3. The molecule has 0 bridgehead atoms. The smallest absolute Gasteiger partial charge is 0.288 e. The van der Waals surface area contributed by atoms with Crippen molar-refractivity contribution in [2.24, 2.45) is 5.10 Å². The van der Waals surface area contributed by atoms with E-state index in [1.54, 1.807) is 12.1 Å². The van der Waals surface area contributed by atoms with Crippen LogP contribution in [-0.4, -0.2) is 15.6 Å². The van der Waals surface area contributed by atoms with Gasteiger partial charge in [-0.2, -0.15) is 5.10 Å². The highest BCUT2D eigenvalue weighted by Crippen LogP contribution is 2.48. The fraction of sp³-hybridized carbons (Fsp3) is 0.174. The first kappa shape index (κ1) is 19.8. The molecule has 2 aliphatic rings. The van der Waals surface area contributed by atoms with Crippen LogP contribution < -0.4 is 4.74 Å². The largest absolute Gasteiger partial charge is 0.464 e. The number of aryl methyl sites for hydroxylation is 1. The molecule has 2 unspecified atom stereocenters. The van der Waals surface area contributed by atoms with E-state index in [-0.39, 0.29) is 16.8 Å². The molecule has 0 radical (unpaired) electrons. The van der Waals surface area contributed by atoms with Gasteiger partial charge in [0, 0.05) is 28.6 Å². The predicted octanol–water partition coefficient (Wildman–Crippen LogP) is 6.45. The highest BCUT2D eigenvalue weighted by atomic mass is 35.5. The summed E-state index contributed by atoms with van der Waals surface area (Å²) in [6.45, 7) is 2.04. The van der Waals surface area contributed by atoms with Gasteiger partial charge >= 0.3 is 0 Å². The van der Waals surface area contributed by atoms with Crippen molar-refractivity contribution in [1.29, 1.82) is 0 Å². The fourth-order valence-corrected chi connectivity index (χ4v) is 4.39. The lowest BCUT2D eigenvalue weighted by Gasteiger charge is -2.38. The van der Waals surface area contributed by atoms with E-state index < -0.39 is 11.2 Å². The lowest BCUT2D eigenvalue weighted by atomic mass is 9.95. The van der Waals surface area contributed by atoms with Gasteiger partial charge in [-0.1, -0.05) is 59.1 Å². The maximum absolute atomic E-state index is 11.4. The SMILES string of the molecule is Cc1ccc(C2=NN3C(C2)c2cc(Cl)ccc2OC3c2ccc(Cl)c([N+](=O)[O-])c2)cc1. The Balaban J connectivity index is 1.61. The molecular weight excluding hydrogens is 437 g/mol. The number of hydrazone groups is 1. The monoisotopic (exact) mass is 453 g/mol. The van der Waals surface area contributed by atoms with Crippen LogP contribution in [0.5, 0.6) is 5.75 Å². The Morgan fingerprint density at radius 1 is 1.10 bits per heavy atom. The maximum Gasteiger partial charge on any atom is 0.288 e. The van der Waals surface area contributed by atoms with Gasteiger partial charge in [0.15, 0.2) is 0 Å². The standard InChI is InChI=1S/C23H17Cl2N3O3/c1-13-2-4-14(5-3-13)19-12-20-17-11-16(24)7-9-22(17)31-23(27(20)26-19)15-6-8-18(25)21(10-15)28(29)30/h2-11,20,23H,12H2,1H3. The van der Waals surface area contributed by atoms with Crippen molar-refractivity contribution in [1.82, 2.24) is 5.01 Å². The highest BCUT2D eigenvalue weighted by molar-refractivity contribution is 6.32. The molecule has 31 heavy (non-hydrogen) atoms. The Bertz CT molecular complexity index is 1230. The topological polar surface area (TPSA) is 68.0 Å². The molecule has 156 valence electrons. The van der Waals surface area contributed by atoms with Gasteiger partial charge in [0.05, 0.1) is 16.7 Å². The Morgan fingerprint density at radius 2 is 1.87 bits per heavy atom. The summed E-state index contributed by atoms with van der Waals surface area (Å²) in [5.41, 5.74) is 4.52. The van der Waals surface area contributed by atoms with Crippen molar-refractivity contribution in [3.8, 4) is 5.75 Å². The van der Waals surface area contributed by atoms with Gasteiger partial charge in [-0.05, 0) is 36.8 Å². The van der Waals surface area contributed by atoms with E-state index >= 15 is 0 Å².